The Balaban J connectivity index is 1.84. The van der Waals surface area contributed by atoms with Crippen LogP contribution < -0.4 is 10.6 Å². The van der Waals surface area contributed by atoms with Crippen molar-refractivity contribution in [3.05, 3.63) is 0 Å². The summed E-state index contributed by atoms with van der Waals surface area (Å²) in [7, 11) is 0. The molecule has 1 heterocycles. The average Bonchev–Trinajstić information content (AvgIpc) is 2.64. The second-order valence-corrected chi connectivity index (χ2v) is 4.66. The molecule has 0 aromatic carbocycles. The first-order valence-corrected chi connectivity index (χ1v) is 6.13. The molecule has 3 N–H and O–H groups in total. The largest absolute Gasteiger partial charge is 0.391 e. The zero-order valence-electron chi connectivity index (χ0n) is 10.0. The van der Waals surface area contributed by atoms with Gasteiger partial charge < -0.3 is 15.7 Å². The SMILES string of the molecule is O=C(CN1C(=O)CNC1=O)N[C@@H]1CCCC[C@H]1O. The van der Waals surface area contributed by atoms with E-state index in [1.54, 1.807) is 0 Å². The van der Waals surface area contributed by atoms with E-state index in [4.69, 9.17) is 0 Å². The Morgan fingerprint density at radius 2 is 2.11 bits per heavy atom. The molecule has 0 aromatic heterocycles. The molecule has 2 aliphatic rings. The van der Waals surface area contributed by atoms with Crippen molar-refractivity contribution in [1.29, 1.82) is 0 Å². The lowest BCUT2D eigenvalue weighted by atomic mass is 9.92. The molecular formula is C11H17N3O4. The average molecular weight is 255 g/mol. The van der Waals surface area contributed by atoms with Gasteiger partial charge in [-0.05, 0) is 12.8 Å². The number of nitrogens with one attached hydrogen (secondary N) is 2. The van der Waals surface area contributed by atoms with Crippen molar-refractivity contribution in [2.75, 3.05) is 13.1 Å². The fraction of sp³-hybridized carbons (Fsp3) is 0.727. The zero-order chi connectivity index (χ0) is 13.1. The van der Waals surface area contributed by atoms with E-state index < -0.39 is 23.9 Å². The topological polar surface area (TPSA) is 98.7 Å². The second-order valence-electron chi connectivity index (χ2n) is 4.66. The third-order valence-electron chi connectivity index (χ3n) is 3.31. The fourth-order valence-corrected chi connectivity index (χ4v) is 2.29. The van der Waals surface area contributed by atoms with Crippen LogP contribution in [0.2, 0.25) is 0 Å². The molecule has 2 fully saturated rings. The minimum Gasteiger partial charge on any atom is -0.391 e. The molecule has 100 valence electrons. The van der Waals surface area contributed by atoms with E-state index in [0.717, 1.165) is 24.2 Å². The van der Waals surface area contributed by atoms with Gasteiger partial charge in [-0.2, -0.15) is 0 Å². The number of aliphatic hydroxyl groups is 1. The highest BCUT2D eigenvalue weighted by Crippen LogP contribution is 2.18. The number of rotatable bonds is 3. The molecule has 0 spiro atoms. The minimum absolute atomic E-state index is 0.0574. The van der Waals surface area contributed by atoms with E-state index in [0.29, 0.717) is 6.42 Å². The highest BCUT2D eigenvalue weighted by atomic mass is 16.3. The lowest BCUT2D eigenvalue weighted by Crippen LogP contribution is -2.49. The van der Waals surface area contributed by atoms with Crippen LogP contribution in [-0.2, 0) is 9.59 Å². The van der Waals surface area contributed by atoms with Crippen LogP contribution in [0.4, 0.5) is 4.79 Å². The summed E-state index contributed by atoms with van der Waals surface area (Å²) in [6.07, 6.45) is 2.79. The highest BCUT2D eigenvalue weighted by Gasteiger charge is 2.31. The number of aliphatic hydroxyl groups excluding tert-OH is 1. The van der Waals surface area contributed by atoms with Gasteiger partial charge in [0, 0.05) is 0 Å². The van der Waals surface area contributed by atoms with E-state index >= 15 is 0 Å². The van der Waals surface area contributed by atoms with Gasteiger partial charge in [0.15, 0.2) is 0 Å². The second kappa shape index (κ2) is 5.34. The van der Waals surface area contributed by atoms with Gasteiger partial charge in [0.05, 0.1) is 18.7 Å². The molecule has 0 unspecified atom stereocenters. The Labute approximate surface area is 105 Å². The first kappa shape index (κ1) is 12.8. The summed E-state index contributed by atoms with van der Waals surface area (Å²) in [5.41, 5.74) is 0. The van der Waals surface area contributed by atoms with Crippen molar-refractivity contribution in [2.45, 2.75) is 37.8 Å². The molecule has 1 aliphatic heterocycles. The maximum atomic E-state index is 11.7. The Kier molecular flexibility index (Phi) is 3.81. The number of nitrogens with zero attached hydrogens (tertiary/aromatic N) is 1. The third-order valence-corrected chi connectivity index (χ3v) is 3.31. The van der Waals surface area contributed by atoms with E-state index in [-0.39, 0.29) is 19.1 Å². The molecule has 2 atom stereocenters. The van der Waals surface area contributed by atoms with Crippen LogP contribution in [0.25, 0.3) is 0 Å². The predicted octanol–water partition coefficient (Wildman–Crippen LogP) is -1.04. The van der Waals surface area contributed by atoms with Crippen molar-refractivity contribution in [3.8, 4) is 0 Å². The number of urea groups is 1. The molecule has 18 heavy (non-hydrogen) atoms. The summed E-state index contributed by atoms with van der Waals surface area (Å²) in [5, 5.41) is 14.7. The lowest BCUT2D eigenvalue weighted by Gasteiger charge is -2.28. The number of carbonyl (C=O) groups is 3. The maximum Gasteiger partial charge on any atom is 0.325 e. The maximum absolute atomic E-state index is 11.7. The van der Waals surface area contributed by atoms with Gasteiger partial charge in [-0.1, -0.05) is 12.8 Å². The standard InChI is InChI=1S/C11H17N3O4/c15-8-4-2-1-3-7(8)13-9(16)6-14-10(17)5-12-11(14)18/h7-8,15H,1-6H2,(H,12,18)(H,13,16)/t7-,8-/m1/s1. The normalized spacial score (nSPS) is 28.2. The van der Waals surface area contributed by atoms with Crippen LogP contribution in [0.1, 0.15) is 25.7 Å². The van der Waals surface area contributed by atoms with Gasteiger partial charge in [0.2, 0.25) is 5.91 Å². The van der Waals surface area contributed by atoms with Crippen LogP contribution in [0.15, 0.2) is 0 Å². The van der Waals surface area contributed by atoms with Gasteiger partial charge in [-0.3, -0.25) is 14.5 Å². The molecular weight excluding hydrogens is 238 g/mol. The molecule has 1 saturated carbocycles. The first-order valence-electron chi connectivity index (χ1n) is 6.13. The van der Waals surface area contributed by atoms with E-state index in [1.165, 1.54) is 0 Å². The van der Waals surface area contributed by atoms with Crippen LogP contribution in [0.5, 0.6) is 0 Å². The predicted molar refractivity (Wildman–Crippen MR) is 61.5 cm³/mol. The first-order chi connectivity index (χ1) is 8.58. The van der Waals surface area contributed by atoms with Crippen molar-refractivity contribution < 1.29 is 19.5 Å². The lowest BCUT2D eigenvalue weighted by molar-refractivity contribution is -0.131. The summed E-state index contributed by atoms with van der Waals surface area (Å²) in [5.74, 6) is -0.814. The number of imide groups is 1. The van der Waals surface area contributed by atoms with E-state index in [9.17, 15) is 19.5 Å². The van der Waals surface area contributed by atoms with E-state index in [1.807, 2.05) is 0 Å². The summed E-state index contributed by atoms with van der Waals surface area (Å²) in [6.45, 7) is -0.341. The quantitative estimate of drug-likeness (QED) is 0.561. The summed E-state index contributed by atoms with van der Waals surface area (Å²) in [6, 6.07) is -0.814. The van der Waals surface area contributed by atoms with Gasteiger partial charge in [-0.25, -0.2) is 4.79 Å². The molecule has 7 heteroatoms. The van der Waals surface area contributed by atoms with E-state index in [2.05, 4.69) is 10.6 Å². The molecule has 1 aliphatic carbocycles. The molecule has 1 saturated heterocycles. The van der Waals surface area contributed by atoms with Crippen LogP contribution in [0.3, 0.4) is 0 Å². The number of amides is 4. The Morgan fingerprint density at radius 3 is 2.72 bits per heavy atom. The van der Waals surface area contributed by atoms with Crippen LogP contribution in [-0.4, -0.2) is 53.1 Å². The summed E-state index contributed by atoms with van der Waals surface area (Å²) < 4.78 is 0. The van der Waals surface area contributed by atoms with Crippen molar-refractivity contribution in [3.63, 3.8) is 0 Å². The minimum atomic E-state index is -0.542. The highest BCUT2D eigenvalue weighted by molar-refractivity contribution is 6.04. The number of carbonyl (C=O) groups excluding carboxylic acids is 3. The Bertz CT molecular complexity index is 355. The molecule has 0 bridgehead atoms. The third kappa shape index (κ3) is 2.79. The number of hydrogen-bond donors (Lipinski definition) is 3. The molecule has 0 aromatic rings. The van der Waals surface area contributed by atoms with Gasteiger partial charge in [0.1, 0.15) is 6.54 Å². The summed E-state index contributed by atoms with van der Waals surface area (Å²) >= 11 is 0. The van der Waals surface area contributed by atoms with Gasteiger partial charge in [0.25, 0.3) is 5.91 Å². The van der Waals surface area contributed by atoms with Crippen molar-refractivity contribution >= 4 is 17.8 Å². The van der Waals surface area contributed by atoms with Gasteiger partial charge >= 0.3 is 6.03 Å². The van der Waals surface area contributed by atoms with Gasteiger partial charge in [-0.15, -0.1) is 0 Å². The van der Waals surface area contributed by atoms with Crippen LogP contribution in [0, 0.1) is 0 Å². The molecule has 2 rings (SSSR count). The Morgan fingerprint density at radius 1 is 1.39 bits per heavy atom. The van der Waals surface area contributed by atoms with Crippen molar-refractivity contribution in [2.24, 2.45) is 0 Å². The Hall–Kier alpha value is -1.63. The molecule has 7 nitrogen and oxygen atoms in total. The number of hydrogen-bond acceptors (Lipinski definition) is 4. The summed E-state index contributed by atoms with van der Waals surface area (Å²) in [4.78, 5) is 35.1. The molecule has 0 radical (unpaired) electrons. The molecule has 4 amide bonds. The fourth-order valence-electron chi connectivity index (χ4n) is 2.29. The zero-order valence-corrected chi connectivity index (χ0v) is 10.0. The van der Waals surface area contributed by atoms with Crippen LogP contribution >= 0.6 is 0 Å². The van der Waals surface area contributed by atoms with Crippen molar-refractivity contribution in [1.82, 2.24) is 15.5 Å². The smallest absolute Gasteiger partial charge is 0.325 e. The monoisotopic (exact) mass is 255 g/mol.